The number of hydrogen-bond donors (Lipinski definition) is 1. The molecular weight excluding hydrogens is 360 g/mol. The number of carbonyl (C=O) groups excluding carboxylic acids is 3. The van der Waals surface area contributed by atoms with Crippen molar-refractivity contribution in [2.75, 3.05) is 30.1 Å². The van der Waals surface area contributed by atoms with Gasteiger partial charge in [0.1, 0.15) is 0 Å². The van der Waals surface area contributed by atoms with Crippen molar-refractivity contribution < 1.29 is 27.5 Å². The molecule has 140 valence electrons. The standard InChI is InChI=1S/C17H20N2O6S/c1-25-17(22)11-3-2-4-14(7-11)19-9-12(8-15(19)20)16(21)18-13-5-6-26(23,24)10-13/h2-4,7,12-13H,5-6,8-10H2,1H3,(H,18,21). The summed E-state index contributed by atoms with van der Waals surface area (Å²) in [5, 5.41) is 2.74. The van der Waals surface area contributed by atoms with Gasteiger partial charge in [-0.05, 0) is 24.6 Å². The van der Waals surface area contributed by atoms with E-state index in [1.807, 2.05) is 0 Å². The van der Waals surface area contributed by atoms with Gasteiger partial charge in [-0.2, -0.15) is 0 Å². The molecule has 1 N–H and O–H groups in total. The summed E-state index contributed by atoms with van der Waals surface area (Å²) in [4.78, 5) is 37.8. The Morgan fingerprint density at radius 2 is 2.08 bits per heavy atom. The van der Waals surface area contributed by atoms with Crippen LogP contribution in [0.4, 0.5) is 5.69 Å². The lowest BCUT2D eigenvalue weighted by atomic mass is 10.1. The third-order valence-electron chi connectivity index (χ3n) is 4.65. The number of sulfone groups is 1. The van der Waals surface area contributed by atoms with Crippen molar-refractivity contribution in [3.05, 3.63) is 29.8 Å². The van der Waals surface area contributed by atoms with Gasteiger partial charge < -0.3 is 15.0 Å². The fourth-order valence-electron chi connectivity index (χ4n) is 3.28. The maximum atomic E-state index is 12.4. The molecule has 0 aliphatic carbocycles. The van der Waals surface area contributed by atoms with Crippen molar-refractivity contribution in [1.29, 1.82) is 0 Å². The van der Waals surface area contributed by atoms with Gasteiger partial charge in [0.15, 0.2) is 9.84 Å². The van der Waals surface area contributed by atoms with Gasteiger partial charge in [0.2, 0.25) is 11.8 Å². The number of ether oxygens (including phenoxy) is 1. The maximum absolute atomic E-state index is 12.4. The fourth-order valence-corrected chi connectivity index (χ4v) is 4.95. The molecule has 0 spiro atoms. The molecule has 2 unspecified atom stereocenters. The van der Waals surface area contributed by atoms with E-state index in [9.17, 15) is 22.8 Å². The smallest absolute Gasteiger partial charge is 0.337 e. The molecule has 0 saturated carbocycles. The minimum absolute atomic E-state index is 0.0494. The zero-order valence-electron chi connectivity index (χ0n) is 14.3. The van der Waals surface area contributed by atoms with Gasteiger partial charge in [-0.3, -0.25) is 9.59 Å². The molecule has 1 aromatic rings. The van der Waals surface area contributed by atoms with E-state index in [0.29, 0.717) is 17.7 Å². The van der Waals surface area contributed by atoms with E-state index < -0.39 is 21.7 Å². The molecule has 0 radical (unpaired) electrons. The molecule has 8 nitrogen and oxygen atoms in total. The third-order valence-corrected chi connectivity index (χ3v) is 6.42. The molecule has 2 fully saturated rings. The van der Waals surface area contributed by atoms with Crippen LogP contribution < -0.4 is 10.2 Å². The first-order chi connectivity index (χ1) is 12.3. The van der Waals surface area contributed by atoms with Gasteiger partial charge in [0.25, 0.3) is 0 Å². The van der Waals surface area contributed by atoms with Gasteiger partial charge in [0, 0.05) is 24.7 Å². The van der Waals surface area contributed by atoms with E-state index in [1.54, 1.807) is 24.3 Å². The number of nitrogens with zero attached hydrogens (tertiary/aromatic N) is 1. The Morgan fingerprint density at radius 1 is 1.31 bits per heavy atom. The highest BCUT2D eigenvalue weighted by Gasteiger charge is 2.37. The molecule has 0 aromatic heterocycles. The van der Waals surface area contributed by atoms with Crippen LogP contribution >= 0.6 is 0 Å². The lowest BCUT2D eigenvalue weighted by molar-refractivity contribution is -0.126. The van der Waals surface area contributed by atoms with Crippen LogP contribution in [0.3, 0.4) is 0 Å². The van der Waals surface area contributed by atoms with Crippen molar-refractivity contribution in [3.63, 3.8) is 0 Å². The molecule has 2 amide bonds. The second-order valence-corrected chi connectivity index (χ2v) is 8.78. The Bertz CT molecular complexity index is 851. The highest BCUT2D eigenvalue weighted by Crippen LogP contribution is 2.26. The Hall–Kier alpha value is -2.42. The Kier molecular flexibility index (Phi) is 4.99. The van der Waals surface area contributed by atoms with E-state index in [0.717, 1.165) is 0 Å². The summed E-state index contributed by atoms with van der Waals surface area (Å²) in [7, 11) is -1.80. The number of anilines is 1. The van der Waals surface area contributed by atoms with Gasteiger partial charge in [-0.25, -0.2) is 13.2 Å². The lowest BCUT2D eigenvalue weighted by Gasteiger charge is -2.18. The van der Waals surface area contributed by atoms with Crippen molar-refractivity contribution in [2.45, 2.75) is 18.9 Å². The summed E-state index contributed by atoms with van der Waals surface area (Å²) >= 11 is 0. The van der Waals surface area contributed by atoms with Crippen LogP contribution in [0.15, 0.2) is 24.3 Å². The Morgan fingerprint density at radius 3 is 2.73 bits per heavy atom. The zero-order chi connectivity index (χ0) is 18.9. The monoisotopic (exact) mass is 380 g/mol. The first-order valence-electron chi connectivity index (χ1n) is 8.28. The van der Waals surface area contributed by atoms with Crippen LogP contribution in [0.2, 0.25) is 0 Å². The van der Waals surface area contributed by atoms with Gasteiger partial charge in [-0.1, -0.05) is 6.07 Å². The van der Waals surface area contributed by atoms with Crippen molar-refractivity contribution in [3.8, 4) is 0 Å². The van der Waals surface area contributed by atoms with E-state index in [2.05, 4.69) is 10.1 Å². The molecule has 2 saturated heterocycles. The van der Waals surface area contributed by atoms with Gasteiger partial charge >= 0.3 is 5.97 Å². The van der Waals surface area contributed by atoms with E-state index in [4.69, 9.17) is 0 Å². The van der Waals surface area contributed by atoms with E-state index >= 15 is 0 Å². The third kappa shape index (κ3) is 3.87. The number of rotatable bonds is 4. The number of hydrogen-bond acceptors (Lipinski definition) is 6. The number of carbonyl (C=O) groups is 3. The van der Waals surface area contributed by atoms with Crippen molar-refractivity contribution >= 4 is 33.3 Å². The fraction of sp³-hybridized carbons (Fsp3) is 0.471. The molecule has 2 aliphatic heterocycles. The van der Waals surface area contributed by atoms with Crippen LogP contribution in [-0.4, -0.2) is 57.4 Å². The van der Waals surface area contributed by atoms with Gasteiger partial charge in [-0.15, -0.1) is 0 Å². The second-order valence-electron chi connectivity index (χ2n) is 6.56. The number of nitrogens with one attached hydrogen (secondary N) is 1. The van der Waals surface area contributed by atoms with Gasteiger partial charge in [0.05, 0.1) is 30.1 Å². The second kappa shape index (κ2) is 7.06. The van der Waals surface area contributed by atoms with Crippen LogP contribution in [-0.2, 0) is 24.2 Å². The summed E-state index contributed by atoms with van der Waals surface area (Å²) in [6.45, 7) is 0.189. The Labute approximate surface area is 151 Å². The largest absolute Gasteiger partial charge is 0.465 e. The average Bonchev–Trinajstić information content (AvgIpc) is 3.16. The predicted octanol–water partition coefficient (Wildman–Crippen LogP) is 0.129. The molecule has 2 atom stereocenters. The topological polar surface area (TPSA) is 110 Å². The van der Waals surface area contributed by atoms with Crippen molar-refractivity contribution in [2.24, 2.45) is 5.92 Å². The first-order valence-corrected chi connectivity index (χ1v) is 10.1. The molecular formula is C17H20N2O6S. The van der Waals surface area contributed by atoms with Crippen LogP contribution in [0.5, 0.6) is 0 Å². The first kappa shape index (κ1) is 18.4. The highest BCUT2D eigenvalue weighted by molar-refractivity contribution is 7.91. The average molecular weight is 380 g/mol. The number of methoxy groups -OCH3 is 1. The summed E-state index contributed by atoms with van der Waals surface area (Å²) in [6, 6.07) is 6.08. The summed E-state index contributed by atoms with van der Waals surface area (Å²) in [5.74, 6) is -1.56. The van der Waals surface area contributed by atoms with Crippen LogP contribution in [0, 0.1) is 5.92 Å². The molecule has 1 aromatic carbocycles. The minimum atomic E-state index is -3.08. The van der Waals surface area contributed by atoms with E-state index in [1.165, 1.54) is 12.0 Å². The summed E-state index contributed by atoms with van der Waals surface area (Å²) < 4.78 is 27.7. The van der Waals surface area contributed by atoms with E-state index in [-0.39, 0.29) is 42.3 Å². The number of esters is 1. The quantitative estimate of drug-likeness (QED) is 0.744. The maximum Gasteiger partial charge on any atom is 0.337 e. The molecule has 9 heteroatoms. The summed E-state index contributed by atoms with van der Waals surface area (Å²) in [6.07, 6.45) is 0.452. The lowest BCUT2D eigenvalue weighted by Crippen LogP contribution is -2.40. The normalized spacial score (nSPS) is 24.5. The minimum Gasteiger partial charge on any atom is -0.465 e. The number of benzene rings is 1. The predicted molar refractivity (Wildman–Crippen MR) is 93.4 cm³/mol. The molecule has 2 heterocycles. The van der Waals surface area contributed by atoms with Crippen LogP contribution in [0.25, 0.3) is 0 Å². The summed E-state index contributed by atoms with van der Waals surface area (Å²) in [5.41, 5.74) is 0.846. The Balaban J connectivity index is 1.67. The van der Waals surface area contributed by atoms with Crippen LogP contribution in [0.1, 0.15) is 23.2 Å². The molecule has 0 bridgehead atoms. The molecule has 26 heavy (non-hydrogen) atoms. The van der Waals surface area contributed by atoms with Crippen molar-refractivity contribution in [1.82, 2.24) is 5.32 Å². The zero-order valence-corrected chi connectivity index (χ0v) is 15.1. The molecule has 3 rings (SSSR count). The SMILES string of the molecule is COC(=O)c1cccc(N2CC(C(=O)NC3CCS(=O)(=O)C3)CC2=O)c1. The number of amides is 2. The molecule has 2 aliphatic rings. The highest BCUT2D eigenvalue weighted by atomic mass is 32.2.